The number of hydrogen-bond donors (Lipinski definition) is 0. The zero-order valence-corrected chi connectivity index (χ0v) is 18.8. The first-order chi connectivity index (χ1) is 15.1. The van der Waals surface area contributed by atoms with Gasteiger partial charge in [-0.05, 0) is 44.6 Å². The monoisotopic (exact) mass is 446 g/mol. The van der Waals surface area contributed by atoms with Crippen molar-refractivity contribution in [1.82, 2.24) is 9.88 Å². The maximum absolute atomic E-state index is 13.5. The summed E-state index contributed by atoms with van der Waals surface area (Å²) in [6.07, 6.45) is 11.0. The summed E-state index contributed by atoms with van der Waals surface area (Å²) in [4.78, 5) is 36.1. The molecular weight excluding hydrogens is 416 g/mol. The Bertz CT molecular complexity index is 859. The van der Waals surface area contributed by atoms with Gasteiger partial charge in [-0.1, -0.05) is 30.9 Å². The molecule has 8 heteroatoms. The molecule has 5 rings (SSSR count). The molecule has 4 aliphatic rings. The molecule has 4 fully saturated rings. The fraction of sp³-hybridized carbons (Fsp3) is 0.696. The summed E-state index contributed by atoms with van der Waals surface area (Å²) in [6, 6.07) is 2.23. The van der Waals surface area contributed by atoms with E-state index in [2.05, 4.69) is 14.8 Å². The lowest BCUT2D eigenvalue weighted by atomic mass is 9.78. The maximum Gasteiger partial charge on any atom is 0.414 e. The average Bonchev–Trinajstić information content (AvgIpc) is 3.10. The Morgan fingerprint density at radius 2 is 1.87 bits per heavy atom. The summed E-state index contributed by atoms with van der Waals surface area (Å²) >= 11 is 6.63. The lowest BCUT2D eigenvalue weighted by Crippen LogP contribution is -2.50. The van der Waals surface area contributed by atoms with Gasteiger partial charge in [-0.3, -0.25) is 9.69 Å². The van der Waals surface area contributed by atoms with Crippen molar-refractivity contribution >= 4 is 35.1 Å². The number of hydrogen-bond acceptors (Lipinski definition) is 5. The van der Waals surface area contributed by atoms with E-state index in [1.54, 1.807) is 17.2 Å². The summed E-state index contributed by atoms with van der Waals surface area (Å²) < 4.78 is 5.13. The van der Waals surface area contributed by atoms with Crippen LogP contribution >= 0.6 is 11.6 Å². The number of cyclic esters (lactones) is 1. The molecule has 0 aromatic carbocycles. The third-order valence-corrected chi connectivity index (χ3v) is 7.81. The second-order valence-electron chi connectivity index (χ2n) is 9.46. The van der Waals surface area contributed by atoms with Crippen molar-refractivity contribution in [3.8, 4) is 0 Å². The number of pyridine rings is 1. The van der Waals surface area contributed by atoms with Crippen LogP contribution < -0.4 is 9.80 Å². The van der Waals surface area contributed by atoms with Gasteiger partial charge in [0.05, 0.1) is 28.9 Å². The van der Waals surface area contributed by atoms with Crippen LogP contribution in [-0.2, 0) is 9.53 Å². The molecule has 168 valence electrons. The van der Waals surface area contributed by atoms with Gasteiger partial charge in [-0.2, -0.15) is 0 Å². The predicted octanol–water partition coefficient (Wildman–Crippen LogP) is 4.23. The topological polar surface area (TPSA) is 66.0 Å². The highest BCUT2D eigenvalue weighted by Crippen LogP contribution is 2.44. The van der Waals surface area contributed by atoms with Gasteiger partial charge in [0.2, 0.25) is 5.91 Å². The second-order valence-corrected chi connectivity index (χ2v) is 9.87. The first kappa shape index (κ1) is 20.9. The zero-order chi connectivity index (χ0) is 21.4. The lowest BCUT2D eigenvalue weighted by Gasteiger charge is -2.41. The number of rotatable bonds is 3. The Balaban J connectivity index is 1.32. The van der Waals surface area contributed by atoms with Crippen molar-refractivity contribution in [2.45, 2.75) is 63.8 Å². The van der Waals surface area contributed by atoms with Crippen molar-refractivity contribution in [2.24, 2.45) is 5.41 Å². The van der Waals surface area contributed by atoms with E-state index in [9.17, 15) is 9.59 Å². The van der Waals surface area contributed by atoms with Crippen LogP contribution in [0.2, 0.25) is 5.02 Å². The van der Waals surface area contributed by atoms with Gasteiger partial charge in [-0.25, -0.2) is 9.78 Å². The normalized spacial score (nSPS) is 27.8. The molecule has 1 aliphatic carbocycles. The fourth-order valence-electron chi connectivity index (χ4n) is 5.87. The number of carbonyl (C=O) groups is 2. The number of anilines is 2. The van der Waals surface area contributed by atoms with Crippen LogP contribution in [0.4, 0.5) is 16.3 Å². The highest BCUT2D eigenvalue weighted by molar-refractivity contribution is 6.33. The fourth-order valence-corrected chi connectivity index (χ4v) is 6.15. The first-order valence-corrected chi connectivity index (χ1v) is 12.1. The molecule has 0 bridgehead atoms. The van der Waals surface area contributed by atoms with E-state index in [1.165, 1.54) is 19.3 Å². The van der Waals surface area contributed by atoms with E-state index >= 15 is 0 Å². The molecule has 3 saturated heterocycles. The largest absolute Gasteiger partial charge is 0.449 e. The smallest absolute Gasteiger partial charge is 0.414 e. The lowest BCUT2D eigenvalue weighted by molar-refractivity contribution is -0.138. The van der Waals surface area contributed by atoms with Crippen LogP contribution in [0.1, 0.15) is 57.8 Å². The number of likely N-dealkylation sites (tertiary alicyclic amines) is 1. The van der Waals surface area contributed by atoms with Crippen LogP contribution in [0.5, 0.6) is 0 Å². The first-order valence-electron chi connectivity index (χ1n) is 11.7. The molecule has 0 unspecified atom stereocenters. The molecule has 7 nitrogen and oxygen atoms in total. The van der Waals surface area contributed by atoms with E-state index in [0.29, 0.717) is 48.2 Å². The highest BCUT2D eigenvalue weighted by Gasteiger charge is 2.50. The third-order valence-electron chi connectivity index (χ3n) is 7.53. The molecule has 1 spiro atoms. The molecule has 1 aromatic heterocycles. The van der Waals surface area contributed by atoms with Gasteiger partial charge in [0.25, 0.3) is 0 Å². The van der Waals surface area contributed by atoms with Gasteiger partial charge >= 0.3 is 6.09 Å². The molecule has 1 aromatic rings. The van der Waals surface area contributed by atoms with Crippen LogP contribution in [0.3, 0.4) is 0 Å². The van der Waals surface area contributed by atoms with E-state index < -0.39 is 0 Å². The number of amides is 2. The van der Waals surface area contributed by atoms with Gasteiger partial charge in [0.15, 0.2) is 0 Å². The molecule has 1 atom stereocenters. The van der Waals surface area contributed by atoms with E-state index in [1.807, 2.05) is 0 Å². The predicted molar refractivity (Wildman–Crippen MR) is 120 cm³/mol. The van der Waals surface area contributed by atoms with E-state index in [4.69, 9.17) is 16.3 Å². The molecule has 4 heterocycles. The van der Waals surface area contributed by atoms with Gasteiger partial charge in [-0.15, -0.1) is 0 Å². The summed E-state index contributed by atoms with van der Waals surface area (Å²) in [6.45, 7) is 3.46. The minimum absolute atomic E-state index is 0.309. The van der Waals surface area contributed by atoms with E-state index in [0.717, 1.165) is 51.6 Å². The minimum atomic E-state index is -0.354. The Labute approximate surface area is 188 Å². The highest BCUT2D eigenvalue weighted by atomic mass is 35.5. The zero-order valence-electron chi connectivity index (χ0n) is 18.0. The second kappa shape index (κ2) is 8.49. The minimum Gasteiger partial charge on any atom is -0.449 e. The Morgan fingerprint density at radius 1 is 1.03 bits per heavy atom. The molecule has 2 amide bonds. The quantitative estimate of drug-likeness (QED) is 0.695. The van der Waals surface area contributed by atoms with Gasteiger partial charge in [0, 0.05) is 32.2 Å². The number of carbonyl (C=O) groups excluding carboxylic acids is 2. The summed E-state index contributed by atoms with van der Waals surface area (Å²) in [5.74, 6) is 1.05. The standard InChI is InChI=1S/C23H31ClN4O3/c24-19-14-18(28-11-5-13-31-22(28)30)15-25-20(19)26-10-4-8-23(16-26)9-12-27(21(23)29)17-6-2-1-3-7-17/h14-15,17H,1-13,16H2/t23-/m0/s1. The van der Waals surface area contributed by atoms with Crippen LogP contribution in [0.15, 0.2) is 12.3 Å². The Kier molecular flexibility index (Phi) is 5.71. The van der Waals surface area contributed by atoms with Crippen LogP contribution in [0, 0.1) is 5.41 Å². The number of nitrogens with zero attached hydrogens (tertiary/aromatic N) is 4. The molecular formula is C23H31ClN4O3. The number of ether oxygens (including phenoxy) is 1. The number of halogens is 1. The Hall–Kier alpha value is -2.02. The van der Waals surface area contributed by atoms with Gasteiger partial charge in [0.1, 0.15) is 5.82 Å². The summed E-state index contributed by atoms with van der Waals surface area (Å²) in [5, 5.41) is 0.516. The van der Waals surface area contributed by atoms with Crippen molar-refractivity contribution in [3.05, 3.63) is 17.3 Å². The molecule has 1 saturated carbocycles. The van der Waals surface area contributed by atoms with Crippen molar-refractivity contribution in [1.29, 1.82) is 0 Å². The maximum atomic E-state index is 13.5. The Morgan fingerprint density at radius 3 is 2.65 bits per heavy atom. The number of aromatic nitrogens is 1. The molecule has 31 heavy (non-hydrogen) atoms. The molecule has 0 N–H and O–H groups in total. The number of piperidine rings is 1. The van der Waals surface area contributed by atoms with E-state index in [-0.39, 0.29) is 11.5 Å². The SMILES string of the molecule is O=C1OCCCN1c1cnc(N2CCC[C@]3(CCN(C4CCCCC4)C3=O)C2)c(Cl)c1. The molecule has 0 radical (unpaired) electrons. The van der Waals surface area contributed by atoms with Crippen LogP contribution in [-0.4, -0.2) is 60.7 Å². The molecule has 3 aliphatic heterocycles. The average molecular weight is 447 g/mol. The van der Waals surface area contributed by atoms with Gasteiger partial charge < -0.3 is 14.5 Å². The van der Waals surface area contributed by atoms with Crippen molar-refractivity contribution in [3.63, 3.8) is 0 Å². The summed E-state index contributed by atoms with van der Waals surface area (Å²) in [5.41, 5.74) is 0.348. The third kappa shape index (κ3) is 3.86. The van der Waals surface area contributed by atoms with Crippen molar-refractivity contribution in [2.75, 3.05) is 42.6 Å². The van der Waals surface area contributed by atoms with Crippen LogP contribution in [0.25, 0.3) is 0 Å². The summed E-state index contributed by atoms with van der Waals surface area (Å²) in [7, 11) is 0. The van der Waals surface area contributed by atoms with Crippen molar-refractivity contribution < 1.29 is 14.3 Å².